The van der Waals surface area contributed by atoms with Crippen molar-refractivity contribution >= 4 is 0 Å². The lowest BCUT2D eigenvalue weighted by molar-refractivity contribution is 0.186. The second-order valence-corrected chi connectivity index (χ2v) is 4.56. The maximum atomic E-state index is 5.49. The number of furan rings is 1. The van der Waals surface area contributed by atoms with Crippen LogP contribution in [0.15, 0.2) is 16.9 Å². The molecule has 1 aromatic rings. The number of rotatable bonds is 2. The molecule has 0 aromatic carbocycles. The maximum absolute atomic E-state index is 5.49. The quantitative estimate of drug-likeness (QED) is 0.721. The van der Waals surface area contributed by atoms with E-state index in [0.29, 0.717) is 17.8 Å². The standard InChI is InChI=1S/C12H18O2/c1-8(2)10-5-14-7-12(10)11-6-13-4-9(11)3/h5,7-9,11H,4,6H2,1-3H3/t9-,11+/m0/s1. The van der Waals surface area contributed by atoms with Crippen molar-refractivity contribution in [3.8, 4) is 0 Å². The fourth-order valence-electron chi connectivity index (χ4n) is 2.15. The Morgan fingerprint density at radius 3 is 2.64 bits per heavy atom. The maximum Gasteiger partial charge on any atom is 0.0941 e. The van der Waals surface area contributed by atoms with Gasteiger partial charge in [0.05, 0.1) is 19.1 Å². The molecule has 2 nitrogen and oxygen atoms in total. The molecular weight excluding hydrogens is 176 g/mol. The van der Waals surface area contributed by atoms with Gasteiger partial charge in [-0.3, -0.25) is 0 Å². The van der Waals surface area contributed by atoms with Crippen molar-refractivity contribution in [2.45, 2.75) is 32.6 Å². The molecule has 0 aliphatic carbocycles. The van der Waals surface area contributed by atoms with Gasteiger partial charge in [0.1, 0.15) is 0 Å². The van der Waals surface area contributed by atoms with E-state index in [1.54, 1.807) is 0 Å². The highest BCUT2D eigenvalue weighted by atomic mass is 16.5. The van der Waals surface area contributed by atoms with Gasteiger partial charge in [0.15, 0.2) is 0 Å². The van der Waals surface area contributed by atoms with Crippen molar-refractivity contribution in [3.05, 3.63) is 23.7 Å². The molecule has 1 aliphatic rings. The van der Waals surface area contributed by atoms with E-state index >= 15 is 0 Å². The lowest BCUT2D eigenvalue weighted by Gasteiger charge is -2.14. The van der Waals surface area contributed by atoms with E-state index in [1.165, 1.54) is 11.1 Å². The number of hydrogen-bond acceptors (Lipinski definition) is 2. The Bertz CT molecular complexity index is 301. The normalized spacial score (nSPS) is 27.4. The van der Waals surface area contributed by atoms with Crippen molar-refractivity contribution in [2.75, 3.05) is 13.2 Å². The molecule has 0 spiro atoms. The summed E-state index contributed by atoms with van der Waals surface area (Å²) in [6.07, 6.45) is 3.77. The van der Waals surface area contributed by atoms with E-state index < -0.39 is 0 Å². The first kappa shape index (κ1) is 9.78. The molecule has 0 saturated carbocycles. The van der Waals surface area contributed by atoms with Gasteiger partial charge in [-0.25, -0.2) is 0 Å². The van der Waals surface area contributed by atoms with Crippen LogP contribution in [-0.4, -0.2) is 13.2 Å². The first-order chi connectivity index (χ1) is 6.70. The van der Waals surface area contributed by atoms with Gasteiger partial charge in [0.2, 0.25) is 0 Å². The topological polar surface area (TPSA) is 22.4 Å². The van der Waals surface area contributed by atoms with Crippen molar-refractivity contribution in [1.82, 2.24) is 0 Å². The molecule has 1 aliphatic heterocycles. The molecule has 0 amide bonds. The monoisotopic (exact) mass is 194 g/mol. The zero-order chi connectivity index (χ0) is 10.1. The van der Waals surface area contributed by atoms with Crippen LogP contribution in [0.1, 0.15) is 43.7 Å². The van der Waals surface area contributed by atoms with Crippen molar-refractivity contribution in [2.24, 2.45) is 5.92 Å². The third-order valence-electron chi connectivity index (χ3n) is 3.11. The summed E-state index contributed by atoms with van der Waals surface area (Å²) in [6.45, 7) is 8.38. The van der Waals surface area contributed by atoms with Crippen LogP contribution in [0, 0.1) is 5.92 Å². The van der Waals surface area contributed by atoms with Gasteiger partial charge in [-0.1, -0.05) is 20.8 Å². The highest BCUT2D eigenvalue weighted by Gasteiger charge is 2.29. The summed E-state index contributed by atoms with van der Waals surface area (Å²) in [7, 11) is 0. The van der Waals surface area contributed by atoms with Crippen LogP contribution in [0.25, 0.3) is 0 Å². The van der Waals surface area contributed by atoms with Crippen LogP contribution in [0.4, 0.5) is 0 Å². The van der Waals surface area contributed by atoms with Crippen LogP contribution < -0.4 is 0 Å². The highest BCUT2D eigenvalue weighted by molar-refractivity contribution is 5.29. The average Bonchev–Trinajstić information content (AvgIpc) is 2.70. The summed E-state index contributed by atoms with van der Waals surface area (Å²) in [4.78, 5) is 0. The van der Waals surface area contributed by atoms with E-state index in [1.807, 2.05) is 12.5 Å². The third kappa shape index (κ3) is 1.59. The second-order valence-electron chi connectivity index (χ2n) is 4.56. The molecular formula is C12H18O2. The van der Waals surface area contributed by atoms with Gasteiger partial charge in [0, 0.05) is 12.5 Å². The Labute approximate surface area is 85.3 Å². The first-order valence-electron chi connectivity index (χ1n) is 5.34. The van der Waals surface area contributed by atoms with Crippen molar-refractivity contribution in [1.29, 1.82) is 0 Å². The van der Waals surface area contributed by atoms with Gasteiger partial charge < -0.3 is 9.15 Å². The average molecular weight is 194 g/mol. The van der Waals surface area contributed by atoms with E-state index in [0.717, 1.165) is 13.2 Å². The van der Waals surface area contributed by atoms with Gasteiger partial charge in [-0.05, 0) is 23.0 Å². The second kappa shape index (κ2) is 3.77. The van der Waals surface area contributed by atoms with E-state index in [9.17, 15) is 0 Å². The molecule has 1 aromatic heterocycles. The zero-order valence-electron chi connectivity index (χ0n) is 9.12. The van der Waals surface area contributed by atoms with E-state index in [4.69, 9.17) is 9.15 Å². The molecule has 14 heavy (non-hydrogen) atoms. The minimum absolute atomic E-state index is 0.533. The first-order valence-corrected chi connectivity index (χ1v) is 5.34. The molecule has 1 saturated heterocycles. The summed E-state index contributed by atoms with van der Waals surface area (Å²) in [6, 6.07) is 0. The summed E-state index contributed by atoms with van der Waals surface area (Å²) in [5.41, 5.74) is 2.69. The Morgan fingerprint density at radius 1 is 1.29 bits per heavy atom. The molecule has 0 bridgehead atoms. The smallest absolute Gasteiger partial charge is 0.0941 e. The number of hydrogen-bond donors (Lipinski definition) is 0. The molecule has 1 fully saturated rings. The molecule has 2 atom stereocenters. The van der Waals surface area contributed by atoms with Gasteiger partial charge in [-0.2, -0.15) is 0 Å². The fraction of sp³-hybridized carbons (Fsp3) is 0.667. The van der Waals surface area contributed by atoms with Crippen molar-refractivity contribution < 1.29 is 9.15 Å². The molecule has 0 radical (unpaired) electrons. The minimum Gasteiger partial charge on any atom is -0.472 e. The largest absolute Gasteiger partial charge is 0.472 e. The van der Waals surface area contributed by atoms with E-state index in [-0.39, 0.29) is 0 Å². The van der Waals surface area contributed by atoms with Crippen LogP contribution >= 0.6 is 0 Å². The Kier molecular flexibility index (Phi) is 2.64. The molecule has 0 N–H and O–H groups in total. The molecule has 2 rings (SSSR count). The predicted octanol–water partition coefficient (Wildman–Crippen LogP) is 3.15. The van der Waals surface area contributed by atoms with Crippen molar-refractivity contribution in [3.63, 3.8) is 0 Å². The lowest BCUT2D eigenvalue weighted by Crippen LogP contribution is -2.08. The minimum atomic E-state index is 0.533. The molecule has 78 valence electrons. The third-order valence-corrected chi connectivity index (χ3v) is 3.11. The van der Waals surface area contributed by atoms with Crippen LogP contribution in [-0.2, 0) is 4.74 Å². The SMILES string of the molecule is CC(C)c1cocc1[C@@H]1COC[C@@H]1C. The zero-order valence-corrected chi connectivity index (χ0v) is 9.12. The van der Waals surface area contributed by atoms with Gasteiger partial charge >= 0.3 is 0 Å². The summed E-state index contributed by atoms with van der Waals surface area (Å²) < 4.78 is 10.8. The Morgan fingerprint density at radius 2 is 2.07 bits per heavy atom. The molecule has 0 unspecified atom stereocenters. The van der Waals surface area contributed by atoms with Crippen LogP contribution in [0.3, 0.4) is 0 Å². The summed E-state index contributed by atoms with van der Waals surface area (Å²) in [5, 5.41) is 0. The molecule has 2 heteroatoms. The summed E-state index contributed by atoms with van der Waals surface area (Å²) >= 11 is 0. The van der Waals surface area contributed by atoms with Gasteiger partial charge in [0.25, 0.3) is 0 Å². The van der Waals surface area contributed by atoms with E-state index in [2.05, 4.69) is 20.8 Å². The predicted molar refractivity (Wildman–Crippen MR) is 55.5 cm³/mol. The molecule has 2 heterocycles. The summed E-state index contributed by atoms with van der Waals surface area (Å²) in [5.74, 6) is 1.69. The lowest BCUT2D eigenvalue weighted by atomic mass is 9.87. The Balaban J connectivity index is 2.26. The fourth-order valence-corrected chi connectivity index (χ4v) is 2.15. The van der Waals surface area contributed by atoms with Gasteiger partial charge in [-0.15, -0.1) is 0 Å². The Hall–Kier alpha value is -0.760. The van der Waals surface area contributed by atoms with Crippen LogP contribution in [0.5, 0.6) is 0 Å². The highest BCUT2D eigenvalue weighted by Crippen LogP contribution is 2.35. The number of ether oxygens (including phenoxy) is 1. The van der Waals surface area contributed by atoms with Crippen LogP contribution in [0.2, 0.25) is 0 Å².